The van der Waals surface area contributed by atoms with Crippen molar-refractivity contribution < 1.29 is 5.11 Å². The van der Waals surface area contributed by atoms with Crippen LogP contribution in [-0.4, -0.2) is 18.2 Å². The minimum absolute atomic E-state index is 0.457. The Bertz CT molecular complexity index is 363. The van der Waals surface area contributed by atoms with Crippen LogP contribution in [-0.2, 0) is 0 Å². The van der Waals surface area contributed by atoms with E-state index in [0.717, 1.165) is 28.8 Å². The van der Waals surface area contributed by atoms with Crippen molar-refractivity contribution in [2.75, 3.05) is 18.0 Å². The molecular formula is C13H18BrNO. The highest BCUT2D eigenvalue weighted by Gasteiger charge is 2.12. The SMILES string of the molecule is C=CCN(CC)c1cc(Br)ccc1C(C)O. The Morgan fingerprint density at radius 3 is 2.75 bits per heavy atom. The van der Waals surface area contributed by atoms with Gasteiger partial charge in [0.25, 0.3) is 0 Å². The van der Waals surface area contributed by atoms with E-state index in [1.165, 1.54) is 0 Å². The standard InChI is InChI=1S/C13H18BrNO/c1-4-8-15(5-2)13-9-11(14)6-7-12(13)10(3)16/h4,6-7,9-10,16H,1,5,8H2,2-3H3. The number of hydrogen-bond donors (Lipinski definition) is 1. The molecule has 0 saturated heterocycles. The van der Waals surface area contributed by atoms with E-state index in [9.17, 15) is 5.11 Å². The lowest BCUT2D eigenvalue weighted by molar-refractivity contribution is 0.199. The first-order valence-corrected chi connectivity index (χ1v) is 6.22. The number of likely N-dealkylation sites (N-methyl/N-ethyl adjacent to an activating group) is 1. The first-order valence-electron chi connectivity index (χ1n) is 5.43. The van der Waals surface area contributed by atoms with Crippen molar-refractivity contribution in [2.24, 2.45) is 0 Å². The molecule has 2 nitrogen and oxygen atoms in total. The Kier molecular flexibility index (Phi) is 5.03. The Labute approximate surface area is 106 Å². The molecular weight excluding hydrogens is 266 g/mol. The van der Waals surface area contributed by atoms with E-state index in [1.54, 1.807) is 6.92 Å². The van der Waals surface area contributed by atoms with Crippen molar-refractivity contribution in [3.8, 4) is 0 Å². The number of hydrogen-bond acceptors (Lipinski definition) is 2. The van der Waals surface area contributed by atoms with Crippen LogP contribution in [0.1, 0.15) is 25.5 Å². The smallest absolute Gasteiger partial charge is 0.0782 e. The van der Waals surface area contributed by atoms with Gasteiger partial charge < -0.3 is 10.0 Å². The summed E-state index contributed by atoms with van der Waals surface area (Å²) in [5.74, 6) is 0. The van der Waals surface area contributed by atoms with Crippen molar-refractivity contribution in [1.29, 1.82) is 0 Å². The maximum absolute atomic E-state index is 9.74. The largest absolute Gasteiger partial charge is 0.389 e. The zero-order valence-corrected chi connectivity index (χ0v) is 11.4. The fourth-order valence-corrected chi connectivity index (χ4v) is 2.05. The van der Waals surface area contributed by atoms with Crippen LogP contribution in [0.25, 0.3) is 0 Å². The fourth-order valence-electron chi connectivity index (χ4n) is 1.70. The van der Waals surface area contributed by atoms with E-state index in [4.69, 9.17) is 0 Å². The number of nitrogens with zero attached hydrogens (tertiary/aromatic N) is 1. The normalized spacial score (nSPS) is 12.2. The Balaban J connectivity index is 3.16. The first-order chi connectivity index (χ1) is 7.60. The number of anilines is 1. The van der Waals surface area contributed by atoms with Crippen LogP contribution in [0.3, 0.4) is 0 Å². The van der Waals surface area contributed by atoms with Crippen molar-refractivity contribution >= 4 is 21.6 Å². The molecule has 1 N–H and O–H groups in total. The minimum Gasteiger partial charge on any atom is -0.389 e. The summed E-state index contributed by atoms with van der Waals surface area (Å²) in [4.78, 5) is 2.18. The summed E-state index contributed by atoms with van der Waals surface area (Å²) >= 11 is 3.46. The Hall–Kier alpha value is -0.800. The van der Waals surface area contributed by atoms with Gasteiger partial charge in [-0.15, -0.1) is 6.58 Å². The minimum atomic E-state index is -0.457. The number of aliphatic hydroxyl groups is 1. The second-order valence-electron chi connectivity index (χ2n) is 3.71. The molecule has 1 aromatic carbocycles. The summed E-state index contributed by atoms with van der Waals surface area (Å²) in [5.41, 5.74) is 2.01. The highest BCUT2D eigenvalue weighted by molar-refractivity contribution is 9.10. The second-order valence-corrected chi connectivity index (χ2v) is 4.62. The third-order valence-corrected chi connectivity index (χ3v) is 3.01. The molecule has 0 fully saturated rings. The average Bonchev–Trinajstić information content (AvgIpc) is 2.25. The lowest BCUT2D eigenvalue weighted by Gasteiger charge is -2.25. The van der Waals surface area contributed by atoms with Crippen LogP contribution >= 0.6 is 15.9 Å². The molecule has 0 spiro atoms. The zero-order valence-electron chi connectivity index (χ0n) is 9.78. The fraction of sp³-hybridized carbons (Fsp3) is 0.385. The van der Waals surface area contributed by atoms with Crippen LogP contribution in [0, 0.1) is 0 Å². The van der Waals surface area contributed by atoms with Gasteiger partial charge in [0, 0.05) is 28.8 Å². The van der Waals surface area contributed by atoms with Gasteiger partial charge in [-0.2, -0.15) is 0 Å². The molecule has 1 atom stereocenters. The summed E-state index contributed by atoms with van der Waals surface area (Å²) < 4.78 is 1.02. The van der Waals surface area contributed by atoms with E-state index < -0.39 is 6.10 Å². The van der Waals surface area contributed by atoms with Gasteiger partial charge in [0.15, 0.2) is 0 Å². The zero-order chi connectivity index (χ0) is 12.1. The highest BCUT2D eigenvalue weighted by atomic mass is 79.9. The molecule has 1 unspecified atom stereocenters. The summed E-state index contributed by atoms with van der Waals surface area (Å²) in [6.45, 7) is 9.31. The van der Waals surface area contributed by atoms with Crippen LogP contribution in [0.15, 0.2) is 35.3 Å². The molecule has 0 amide bonds. The molecule has 0 radical (unpaired) electrons. The van der Waals surface area contributed by atoms with E-state index in [1.807, 2.05) is 24.3 Å². The van der Waals surface area contributed by atoms with Gasteiger partial charge in [0.05, 0.1) is 6.10 Å². The molecule has 0 aliphatic rings. The van der Waals surface area contributed by atoms with Crippen LogP contribution in [0.2, 0.25) is 0 Å². The van der Waals surface area contributed by atoms with Crippen molar-refractivity contribution in [1.82, 2.24) is 0 Å². The number of rotatable bonds is 5. The predicted molar refractivity (Wildman–Crippen MR) is 72.9 cm³/mol. The summed E-state index contributed by atoms with van der Waals surface area (Å²) in [6, 6.07) is 5.94. The molecule has 1 rings (SSSR count). The maximum atomic E-state index is 9.74. The molecule has 0 bridgehead atoms. The first kappa shape index (κ1) is 13.3. The Morgan fingerprint density at radius 1 is 1.56 bits per heavy atom. The summed E-state index contributed by atoms with van der Waals surface area (Å²) in [6.07, 6.45) is 1.41. The lowest BCUT2D eigenvalue weighted by Crippen LogP contribution is -2.24. The topological polar surface area (TPSA) is 23.5 Å². The molecule has 3 heteroatoms. The average molecular weight is 284 g/mol. The molecule has 0 heterocycles. The molecule has 1 aromatic rings. The van der Waals surface area contributed by atoms with Gasteiger partial charge in [-0.1, -0.05) is 28.1 Å². The van der Waals surface area contributed by atoms with Gasteiger partial charge in [-0.05, 0) is 26.0 Å². The second kappa shape index (κ2) is 6.06. The van der Waals surface area contributed by atoms with Crippen molar-refractivity contribution in [3.63, 3.8) is 0 Å². The van der Waals surface area contributed by atoms with Gasteiger partial charge in [0.2, 0.25) is 0 Å². The molecule has 0 aliphatic carbocycles. The molecule has 16 heavy (non-hydrogen) atoms. The molecule has 0 aromatic heterocycles. The van der Waals surface area contributed by atoms with E-state index in [-0.39, 0.29) is 0 Å². The van der Waals surface area contributed by atoms with Gasteiger partial charge in [-0.3, -0.25) is 0 Å². The number of halogens is 1. The lowest BCUT2D eigenvalue weighted by atomic mass is 10.1. The van der Waals surface area contributed by atoms with Crippen molar-refractivity contribution in [3.05, 3.63) is 40.9 Å². The third-order valence-electron chi connectivity index (χ3n) is 2.51. The molecule has 88 valence electrons. The number of aliphatic hydroxyl groups excluding tert-OH is 1. The van der Waals surface area contributed by atoms with Crippen LogP contribution in [0.5, 0.6) is 0 Å². The molecule has 0 saturated carbocycles. The quantitative estimate of drug-likeness (QED) is 0.836. The van der Waals surface area contributed by atoms with E-state index >= 15 is 0 Å². The van der Waals surface area contributed by atoms with E-state index in [0.29, 0.717) is 0 Å². The highest BCUT2D eigenvalue weighted by Crippen LogP contribution is 2.29. The summed E-state index contributed by atoms with van der Waals surface area (Å²) in [7, 11) is 0. The van der Waals surface area contributed by atoms with Gasteiger partial charge >= 0.3 is 0 Å². The molecule has 0 aliphatic heterocycles. The van der Waals surface area contributed by atoms with Gasteiger partial charge in [0.1, 0.15) is 0 Å². The monoisotopic (exact) mass is 283 g/mol. The van der Waals surface area contributed by atoms with Crippen LogP contribution in [0.4, 0.5) is 5.69 Å². The van der Waals surface area contributed by atoms with E-state index in [2.05, 4.69) is 34.3 Å². The number of benzene rings is 1. The maximum Gasteiger partial charge on any atom is 0.0782 e. The van der Waals surface area contributed by atoms with Gasteiger partial charge in [-0.25, -0.2) is 0 Å². The van der Waals surface area contributed by atoms with Crippen LogP contribution < -0.4 is 4.90 Å². The predicted octanol–water partition coefficient (Wildman–Crippen LogP) is 3.51. The summed E-state index contributed by atoms with van der Waals surface area (Å²) in [5, 5.41) is 9.74. The van der Waals surface area contributed by atoms with Crippen molar-refractivity contribution in [2.45, 2.75) is 20.0 Å². The third kappa shape index (κ3) is 3.09. The Morgan fingerprint density at radius 2 is 2.25 bits per heavy atom.